The van der Waals surface area contributed by atoms with E-state index in [2.05, 4.69) is 13.8 Å². The molecule has 0 aromatic heterocycles. The van der Waals surface area contributed by atoms with Crippen molar-refractivity contribution in [2.75, 3.05) is 13.2 Å². The van der Waals surface area contributed by atoms with Crippen molar-refractivity contribution < 1.29 is 18.4 Å². The van der Waals surface area contributed by atoms with Crippen molar-refractivity contribution in [2.45, 2.75) is 73.6 Å². The summed E-state index contributed by atoms with van der Waals surface area (Å²) >= 11 is -0.554. The van der Waals surface area contributed by atoms with Gasteiger partial charge in [-0.3, -0.25) is 0 Å². The van der Waals surface area contributed by atoms with E-state index in [-0.39, 0.29) is 26.8 Å². The van der Waals surface area contributed by atoms with Gasteiger partial charge in [-0.25, -0.2) is 0 Å². The number of allylic oxidation sites excluding steroid dienone is 2. The van der Waals surface area contributed by atoms with Crippen molar-refractivity contribution in [1.29, 1.82) is 0 Å². The Morgan fingerprint density at radius 1 is 1.12 bits per heavy atom. The molecule has 6 heteroatoms. The summed E-state index contributed by atoms with van der Waals surface area (Å²) in [5, 5.41) is 0. The van der Waals surface area contributed by atoms with E-state index in [1.54, 1.807) is 6.08 Å². The molecule has 1 atom stereocenters. The average molecular weight is 437 g/mol. The Kier molecular flexibility index (Phi) is 7.38. The SMILES string of the molecule is CC1=CC(=O)C([Se]P(=O)(OCC(C)(C)C)OCC(C)(C)C)C(C)(C)C1. The third kappa shape index (κ3) is 8.10. The van der Waals surface area contributed by atoms with Gasteiger partial charge in [-0.2, -0.15) is 0 Å². The molecule has 1 unspecified atom stereocenters. The Morgan fingerprint density at radius 3 is 1.92 bits per heavy atom. The van der Waals surface area contributed by atoms with Crippen LogP contribution in [0.3, 0.4) is 0 Å². The molecule has 25 heavy (non-hydrogen) atoms. The van der Waals surface area contributed by atoms with Gasteiger partial charge in [-0.15, -0.1) is 0 Å². The van der Waals surface area contributed by atoms with Gasteiger partial charge < -0.3 is 0 Å². The Morgan fingerprint density at radius 2 is 1.56 bits per heavy atom. The van der Waals surface area contributed by atoms with Gasteiger partial charge in [-0.05, 0) is 0 Å². The van der Waals surface area contributed by atoms with Crippen LogP contribution in [-0.4, -0.2) is 33.5 Å². The van der Waals surface area contributed by atoms with Gasteiger partial charge in [0.25, 0.3) is 0 Å². The van der Waals surface area contributed by atoms with Crippen molar-refractivity contribution in [1.82, 2.24) is 0 Å². The summed E-state index contributed by atoms with van der Waals surface area (Å²) in [5.41, 5.74) is 0.642. The minimum absolute atomic E-state index is 0.0627. The second kappa shape index (κ2) is 7.98. The molecule has 0 saturated carbocycles. The molecule has 0 aromatic carbocycles. The normalized spacial score (nSPS) is 22.0. The molecule has 0 heterocycles. The number of hydrogen-bond acceptors (Lipinski definition) is 4. The molecule has 0 spiro atoms. The maximum atomic E-state index is 13.5. The molecule has 0 aliphatic heterocycles. The Labute approximate surface area is 159 Å². The molecule has 1 aliphatic rings. The van der Waals surface area contributed by atoms with Gasteiger partial charge in [0.1, 0.15) is 0 Å². The van der Waals surface area contributed by atoms with Gasteiger partial charge in [0.05, 0.1) is 0 Å². The summed E-state index contributed by atoms with van der Waals surface area (Å²) in [4.78, 5) is 12.3. The monoisotopic (exact) mass is 438 g/mol. The molecule has 1 aliphatic carbocycles. The van der Waals surface area contributed by atoms with Gasteiger partial charge in [0.2, 0.25) is 0 Å². The van der Waals surface area contributed by atoms with Crippen LogP contribution in [0.2, 0.25) is 4.82 Å². The summed E-state index contributed by atoms with van der Waals surface area (Å²) in [7, 11) is 0. The van der Waals surface area contributed by atoms with Crippen molar-refractivity contribution in [2.24, 2.45) is 16.2 Å². The quantitative estimate of drug-likeness (QED) is 0.398. The number of rotatable bonds is 6. The Bertz CT molecular complexity index is 545. The van der Waals surface area contributed by atoms with Gasteiger partial charge in [-0.1, -0.05) is 0 Å². The van der Waals surface area contributed by atoms with E-state index in [0.29, 0.717) is 13.2 Å². The van der Waals surface area contributed by atoms with Crippen LogP contribution >= 0.6 is 6.29 Å². The standard InChI is InChI=1S/C19H35O4PSe/c1-14-10-15(20)16(19(8,9)11-14)25-24(21,22-12-17(2,3)4)23-13-18(5,6)7/h10,16H,11-13H2,1-9H3. The van der Waals surface area contributed by atoms with E-state index in [0.717, 1.165) is 12.0 Å². The fourth-order valence-corrected chi connectivity index (χ4v) is 10.3. The fraction of sp³-hybridized carbons (Fsp3) is 0.842. The minimum atomic E-state index is -3.31. The van der Waals surface area contributed by atoms with Crippen LogP contribution in [0.5, 0.6) is 0 Å². The zero-order valence-electron chi connectivity index (χ0n) is 17.3. The van der Waals surface area contributed by atoms with Gasteiger partial charge in [0.15, 0.2) is 0 Å². The molecule has 4 nitrogen and oxygen atoms in total. The molecule has 0 radical (unpaired) electrons. The van der Waals surface area contributed by atoms with Crippen LogP contribution in [0.4, 0.5) is 0 Å². The van der Waals surface area contributed by atoms with Crippen LogP contribution in [0.1, 0.15) is 68.7 Å². The first kappa shape index (κ1) is 23.1. The van der Waals surface area contributed by atoms with Crippen molar-refractivity contribution in [3.05, 3.63) is 11.6 Å². The Balaban J connectivity index is 3.02. The van der Waals surface area contributed by atoms with Crippen LogP contribution < -0.4 is 0 Å². The summed E-state index contributed by atoms with van der Waals surface area (Å²) < 4.78 is 25.2. The predicted molar refractivity (Wildman–Crippen MR) is 105 cm³/mol. The number of carbonyl (C=O) groups is 1. The first-order chi connectivity index (χ1) is 11.0. The predicted octanol–water partition coefficient (Wildman–Crippen LogP) is 5.66. The van der Waals surface area contributed by atoms with E-state index in [1.807, 2.05) is 48.5 Å². The third-order valence-electron chi connectivity index (χ3n) is 3.64. The van der Waals surface area contributed by atoms with E-state index < -0.39 is 20.8 Å². The van der Waals surface area contributed by atoms with E-state index in [9.17, 15) is 9.36 Å². The zero-order chi connectivity index (χ0) is 19.7. The second-order valence-electron chi connectivity index (χ2n) is 10.2. The summed E-state index contributed by atoms with van der Waals surface area (Å²) in [6.45, 7) is 19.1. The Hall–Kier alpha value is 0.0795. The van der Waals surface area contributed by atoms with Gasteiger partial charge in [0, 0.05) is 0 Å². The summed E-state index contributed by atoms with van der Waals surface area (Å²) in [6, 6.07) is 0. The first-order valence-corrected chi connectivity index (χ1v) is 13.6. The second-order valence-corrected chi connectivity index (χ2v) is 16.9. The topological polar surface area (TPSA) is 52.6 Å². The third-order valence-corrected chi connectivity index (χ3v) is 11.1. The molecule has 146 valence electrons. The van der Waals surface area contributed by atoms with E-state index in [1.165, 1.54) is 0 Å². The van der Waals surface area contributed by atoms with Gasteiger partial charge >= 0.3 is 160 Å². The van der Waals surface area contributed by atoms with Crippen LogP contribution in [0.15, 0.2) is 11.6 Å². The maximum absolute atomic E-state index is 13.5. The molecule has 1 rings (SSSR count). The zero-order valence-corrected chi connectivity index (χ0v) is 19.9. The summed E-state index contributed by atoms with van der Waals surface area (Å²) in [5.74, 6) is 0.0627. The molecule has 0 aromatic rings. The van der Waals surface area contributed by atoms with Crippen LogP contribution in [-0.2, 0) is 18.4 Å². The molecular weight excluding hydrogens is 402 g/mol. The molecule has 0 bridgehead atoms. The summed E-state index contributed by atoms with van der Waals surface area (Å²) in [6.07, 6.45) is -0.764. The molecule has 0 saturated heterocycles. The number of ketones is 1. The van der Waals surface area contributed by atoms with Crippen LogP contribution in [0.25, 0.3) is 0 Å². The molecule has 0 N–H and O–H groups in total. The van der Waals surface area contributed by atoms with E-state index in [4.69, 9.17) is 9.05 Å². The number of hydrogen-bond donors (Lipinski definition) is 0. The van der Waals surface area contributed by atoms with E-state index >= 15 is 0 Å². The first-order valence-electron chi connectivity index (χ1n) is 8.82. The number of carbonyl (C=O) groups excluding carboxylic acids is 1. The molecule has 0 amide bonds. The van der Waals surface area contributed by atoms with Crippen LogP contribution in [0, 0.1) is 16.2 Å². The fourth-order valence-electron chi connectivity index (χ4n) is 2.53. The average Bonchev–Trinajstić information content (AvgIpc) is 2.37. The van der Waals surface area contributed by atoms with Crippen molar-refractivity contribution in [3.63, 3.8) is 0 Å². The molecule has 0 fully saturated rings. The van der Waals surface area contributed by atoms with Crippen molar-refractivity contribution >= 4 is 26.6 Å². The van der Waals surface area contributed by atoms with Crippen molar-refractivity contribution in [3.8, 4) is 0 Å². The molecular formula is C19H35O4PSe.